The summed E-state index contributed by atoms with van der Waals surface area (Å²) in [5, 5.41) is 12.4. The lowest BCUT2D eigenvalue weighted by molar-refractivity contribution is -0.145. The van der Waals surface area contributed by atoms with Crippen molar-refractivity contribution in [1.82, 2.24) is 5.32 Å². The predicted octanol–water partition coefficient (Wildman–Crippen LogP) is 3.53. The predicted molar refractivity (Wildman–Crippen MR) is 84.0 cm³/mol. The molecule has 21 heavy (non-hydrogen) atoms. The summed E-state index contributed by atoms with van der Waals surface area (Å²) >= 11 is 1.47. The van der Waals surface area contributed by atoms with Crippen LogP contribution in [0.4, 0.5) is 0 Å². The molecule has 1 aromatic heterocycles. The van der Waals surface area contributed by atoms with Gasteiger partial charge in [-0.15, -0.1) is 11.3 Å². The van der Waals surface area contributed by atoms with Crippen LogP contribution in [-0.4, -0.2) is 22.5 Å². The third-order valence-corrected chi connectivity index (χ3v) is 5.66. The molecule has 5 heteroatoms. The summed E-state index contributed by atoms with van der Waals surface area (Å²) in [4.78, 5) is 26.0. The first-order valence-corrected chi connectivity index (χ1v) is 8.45. The van der Waals surface area contributed by atoms with Gasteiger partial charge in [-0.25, -0.2) is 4.79 Å². The van der Waals surface area contributed by atoms with Crippen molar-refractivity contribution in [3.63, 3.8) is 0 Å². The largest absolute Gasteiger partial charge is 0.480 e. The molecular weight excluding hydrogens is 286 g/mol. The maximum Gasteiger partial charge on any atom is 0.329 e. The van der Waals surface area contributed by atoms with Gasteiger partial charge in [0.2, 0.25) is 0 Å². The number of hydrogen-bond donors (Lipinski definition) is 2. The van der Waals surface area contributed by atoms with Gasteiger partial charge in [0.05, 0.1) is 4.88 Å². The van der Waals surface area contributed by atoms with Gasteiger partial charge in [0, 0.05) is 4.88 Å². The molecule has 1 amide bonds. The van der Waals surface area contributed by atoms with Gasteiger partial charge in [0.25, 0.3) is 5.91 Å². The number of nitrogens with one attached hydrogen (secondary N) is 1. The first-order chi connectivity index (χ1) is 9.98. The Balaban J connectivity index is 2.19. The molecule has 0 unspecified atom stereocenters. The lowest BCUT2D eigenvalue weighted by atomic mass is 9.90. The Labute approximate surface area is 129 Å². The van der Waals surface area contributed by atoms with Crippen LogP contribution < -0.4 is 5.32 Å². The molecule has 1 aliphatic rings. The highest BCUT2D eigenvalue weighted by atomic mass is 32.1. The summed E-state index contributed by atoms with van der Waals surface area (Å²) in [5.41, 5.74) is 0.0237. The molecule has 0 atom stereocenters. The van der Waals surface area contributed by atoms with Crippen molar-refractivity contribution in [2.24, 2.45) is 0 Å². The summed E-state index contributed by atoms with van der Waals surface area (Å²) in [6.45, 7) is 4.05. The van der Waals surface area contributed by atoms with Crippen molar-refractivity contribution in [3.05, 3.63) is 21.4 Å². The van der Waals surface area contributed by atoms with Crippen LogP contribution in [0.25, 0.3) is 0 Å². The Kier molecular flexibility index (Phi) is 5.04. The zero-order chi connectivity index (χ0) is 15.5. The summed E-state index contributed by atoms with van der Waals surface area (Å²) < 4.78 is 0. The molecule has 1 aliphatic carbocycles. The zero-order valence-corrected chi connectivity index (χ0v) is 13.5. The number of aliphatic carboxylic acids is 1. The van der Waals surface area contributed by atoms with Gasteiger partial charge >= 0.3 is 5.97 Å². The van der Waals surface area contributed by atoms with Crippen LogP contribution in [-0.2, 0) is 11.2 Å². The molecule has 4 nitrogen and oxygen atoms in total. The second-order valence-electron chi connectivity index (χ2n) is 5.83. The number of carboxylic acid groups (broad SMARTS) is 1. The van der Waals surface area contributed by atoms with E-state index in [0.717, 1.165) is 37.7 Å². The van der Waals surface area contributed by atoms with Gasteiger partial charge in [0.15, 0.2) is 0 Å². The van der Waals surface area contributed by atoms with Gasteiger partial charge in [0.1, 0.15) is 5.54 Å². The fourth-order valence-corrected chi connectivity index (χ4v) is 4.00. The maximum atomic E-state index is 12.5. The lowest BCUT2D eigenvalue weighted by Crippen LogP contribution is -2.54. The van der Waals surface area contributed by atoms with Crippen molar-refractivity contribution in [1.29, 1.82) is 0 Å². The molecule has 0 saturated heterocycles. The Hall–Kier alpha value is -1.36. The first-order valence-electron chi connectivity index (χ1n) is 7.64. The number of hydrogen-bond acceptors (Lipinski definition) is 3. The minimum atomic E-state index is -1.09. The van der Waals surface area contributed by atoms with Crippen molar-refractivity contribution >= 4 is 23.2 Å². The van der Waals surface area contributed by atoms with Crippen LogP contribution in [0, 0.1) is 6.92 Å². The Morgan fingerprint density at radius 2 is 1.90 bits per heavy atom. The molecule has 1 aromatic rings. The van der Waals surface area contributed by atoms with E-state index in [1.807, 2.05) is 13.0 Å². The number of carboxylic acids is 1. The number of aryl methyl sites for hydroxylation is 2. The molecule has 0 aromatic carbocycles. The van der Waals surface area contributed by atoms with Crippen LogP contribution >= 0.6 is 11.3 Å². The second kappa shape index (κ2) is 6.60. The van der Waals surface area contributed by atoms with Gasteiger partial charge in [-0.3, -0.25) is 4.79 Å². The van der Waals surface area contributed by atoms with E-state index in [-0.39, 0.29) is 5.91 Å². The normalized spacial score (nSPS) is 18.0. The van der Waals surface area contributed by atoms with Crippen LogP contribution in [0.5, 0.6) is 0 Å². The van der Waals surface area contributed by atoms with Crippen molar-refractivity contribution in [2.45, 2.75) is 64.3 Å². The molecule has 116 valence electrons. The smallest absolute Gasteiger partial charge is 0.329 e. The SMILES string of the molecule is CCc1sc(C(=O)NC2(C(=O)O)CCCCCC2)cc1C. The monoisotopic (exact) mass is 309 g/mol. The number of amides is 1. The van der Waals surface area contributed by atoms with E-state index in [2.05, 4.69) is 12.2 Å². The fourth-order valence-electron chi connectivity index (χ4n) is 2.99. The highest BCUT2D eigenvalue weighted by molar-refractivity contribution is 7.14. The Morgan fingerprint density at radius 1 is 1.29 bits per heavy atom. The molecule has 2 N–H and O–H groups in total. The average molecular weight is 309 g/mol. The summed E-state index contributed by atoms with van der Waals surface area (Å²) in [6, 6.07) is 1.87. The van der Waals surface area contributed by atoms with Gasteiger partial charge in [-0.05, 0) is 37.8 Å². The third-order valence-electron chi connectivity index (χ3n) is 4.28. The van der Waals surface area contributed by atoms with Gasteiger partial charge in [-0.1, -0.05) is 32.6 Å². The lowest BCUT2D eigenvalue weighted by Gasteiger charge is -2.29. The van der Waals surface area contributed by atoms with E-state index in [0.29, 0.717) is 17.7 Å². The van der Waals surface area contributed by atoms with Gasteiger partial charge in [-0.2, -0.15) is 0 Å². The van der Waals surface area contributed by atoms with E-state index < -0.39 is 11.5 Å². The maximum absolute atomic E-state index is 12.5. The molecule has 0 aliphatic heterocycles. The van der Waals surface area contributed by atoms with Crippen molar-refractivity contribution in [3.8, 4) is 0 Å². The zero-order valence-electron chi connectivity index (χ0n) is 12.7. The highest BCUT2D eigenvalue weighted by Crippen LogP contribution is 2.29. The quantitative estimate of drug-likeness (QED) is 0.836. The molecule has 0 spiro atoms. The molecule has 1 heterocycles. The molecule has 0 radical (unpaired) electrons. The molecule has 1 saturated carbocycles. The number of carbonyl (C=O) groups excluding carboxylic acids is 1. The topological polar surface area (TPSA) is 66.4 Å². The fraction of sp³-hybridized carbons (Fsp3) is 0.625. The standard InChI is InChI=1S/C16H23NO3S/c1-3-12-11(2)10-13(21-12)14(18)17-16(15(19)20)8-6-4-5-7-9-16/h10H,3-9H2,1-2H3,(H,17,18)(H,19,20). The van der Waals surface area contributed by atoms with Crippen LogP contribution in [0.1, 0.15) is 65.6 Å². The van der Waals surface area contributed by atoms with Crippen molar-refractivity contribution < 1.29 is 14.7 Å². The average Bonchev–Trinajstić information content (AvgIpc) is 2.67. The molecule has 1 fully saturated rings. The summed E-state index contributed by atoms with van der Waals surface area (Å²) in [7, 11) is 0. The number of rotatable bonds is 4. The Bertz CT molecular complexity index is 528. The first kappa shape index (κ1) is 16.0. The van der Waals surface area contributed by atoms with Crippen LogP contribution in [0.3, 0.4) is 0 Å². The number of thiophene rings is 1. The van der Waals surface area contributed by atoms with Crippen molar-refractivity contribution in [2.75, 3.05) is 0 Å². The van der Waals surface area contributed by atoms with E-state index in [9.17, 15) is 14.7 Å². The summed E-state index contributed by atoms with van der Waals surface area (Å²) in [6.07, 6.45) is 5.75. The second-order valence-corrected chi connectivity index (χ2v) is 6.96. The summed E-state index contributed by atoms with van der Waals surface area (Å²) in [5.74, 6) is -1.14. The highest BCUT2D eigenvalue weighted by Gasteiger charge is 2.40. The van der Waals surface area contributed by atoms with E-state index >= 15 is 0 Å². The van der Waals surface area contributed by atoms with E-state index in [4.69, 9.17) is 0 Å². The molecule has 2 rings (SSSR count). The minimum Gasteiger partial charge on any atom is -0.480 e. The van der Waals surface area contributed by atoms with Crippen LogP contribution in [0.15, 0.2) is 6.07 Å². The minimum absolute atomic E-state index is 0.243. The van der Waals surface area contributed by atoms with E-state index in [1.165, 1.54) is 16.2 Å². The third kappa shape index (κ3) is 3.46. The van der Waals surface area contributed by atoms with Crippen LogP contribution in [0.2, 0.25) is 0 Å². The molecule has 0 bridgehead atoms. The molecular formula is C16H23NO3S. The van der Waals surface area contributed by atoms with Gasteiger partial charge < -0.3 is 10.4 Å². The van der Waals surface area contributed by atoms with E-state index in [1.54, 1.807) is 0 Å². The number of carbonyl (C=O) groups is 2. The Morgan fingerprint density at radius 3 is 2.38 bits per heavy atom.